The van der Waals surface area contributed by atoms with Crippen LogP contribution >= 0.6 is 11.8 Å². The highest BCUT2D eigenvalue weighted by Crippen LogP contribution is 2.26. The van der Waals surface area contributed by atoms with Gasteiger partial charge >= 0.3 is 0 Å². The van der Waals surface area contributed by atoms with Gasteiger partial charge in [0, 0.05) is 31.0 Å². The summed E-state index contributed by atoms with van der Waals surface area (Å²) in [6.07, 6.45) is 9.18. The Morgan fingerprint density at radius 3 is 2.84 bits per heavy atom. The predicted molar refractivity (Wildman–Crippen MR) is 97.9 cm³/mol. The maximum Gasteiger partial charge on any atom is 0.189 e. The first kappa shape index (κ1) is 17.5. The molecule has 1 fully saturated rings. The van der Waals surface area contributed by atoms with Gasteiger partial charge in [-0.3, -0.25) is 4.98 Å². The molecule has 2 aromatic heterocycles. The van der Waals surface area contributed by atoms with Crippen LogP contribution in [0.3, 0.4) is 0 Å². The fourth-order valence-electron chi connectivity index (χ4n) is 2.92. The zero-order valence-electron chi connectivity index (χ0n) is 14.5. The third-order valence-electron chi connectivity index (χ3n) is 4.41. The van der Waals surface area contributed by atoms with E-state index >= 15 is 0 Å². The van der Waals surface area contributed by atoms with E-state index in [0.29, 0.717) is 23.2 Å². The second-order valence-corrected chi connectivity index (χ2v) is 6.86. The number of nitriles is 1. The summed E-state index contributed by atoms with van der Waals surface area (Å²) in [6, 6.07) is 4.11. The summed E-state index contributed by atoms with van der Waals surface area (Å²) in [5.41, 5.74) is 1.60. The predicted octanol–water partition coefficient (Wildman–Crippen LogP) is 3.07. The first-order valence-electron chi connectivity index (χ1n) is 8.30. The van der Waals surface area contributed by atoms with Gasteiger partial charge in [-0.2, -0.15) is 5.26 Å². The van der Waals surface area contributed by atoms with Crippen LogP contribution in [-0.2, 0) is 0 Å². The number of anilines is 1. The second kappa shape index (κ2) is 8.17. The Balaban J connectivity index is 1.59. The molecule has 2 aromatic rings. The lowest BCUT2D eigenvalue weighted by Gasteiger charge is -2.33. The molecule has 3 heterocycles. The molecule has 0 aliphatic carbocycles. The lowest BCUT2D eigenvalue weighted by Crippen LogP contribution is -2.36. The molecule has 0 unspecified atom stereocenters. The SMILES string of the molecule is CSc1ncc(C#N)c(N2CCC(COc3ccncc3C)CC2)n1. The smallest absolute Gasteiger partial charge is 0.189 e. The first-order valence-corrected chi connectivity index (χ1v) is 9.53. The van der Waals surface area contributed by atoms with Crippen molar-refractivity contribution < 1.29 is 4.74 Å². The van der Waals surface area contributed by atoms with E-state index in [0.717, 1.165) is 43.1 Å². The molecular weight excluding hydrogens is 334 g/mol. The van der Waals surface area contributed by atoms with Gasteiger partial charge in [0.15, 0.2) is 11.0 Å². The summed E-state index contributed by atoms with van der Waals surface area (Å²) >= 11 is 1.49. The van der Waals surface area contributed by atoms with Crippen LogP contribution in [0.2, 0.25) is 0 Å². The Morgan fingerprint density at radius 2 is 2.16 bits per heavy atom. The highest BCUT2D eigenvalue weighted by molar-refractivity contribution is 7.98. The summed E-state index contributed by atoms with van der Waals surface area (Å²) in [4.78, 5) is 15.0. The quantitative estimate of drug-likeness (QED) is 0.602. The van der Waals surface area contributed by atoms with Crippen molar-refractivity contribution in [1.29, 1.82) is 5.26 Å². The number of hydrogen-bond acceptors (Lipinski definition) is 7. The van der Waals surface area contributed by atoms with Gasteiger partial charge in [0.1, 0.15) is 17.4 Å². The number of hydrogen-bond donors (Lipinski definition) is 0. The summed E-state index contributed by atoms with van der Waals surface area (Å²) in [5, 5.41) is 10.0. The number of piperidine rings is 1. The number of ether oxygens (including phenoxy) is 1. The Bertz CT molecular complexity index is 768. The molecule has 0 bridgehead atoms. The fraction of sp³-hybridized carbons (Fsp3) is 0.444. The Hall–Kier alpha value is -2.33. The Labute approximate surface area is 152 Å². The van der Waals surface area contributed by atoms with E-state index in [-0.39, 0.29) is 0 Å². The van der Waals surface area contributed by atoms with Gasteiger partial charge in [-0.1, -0.05) is 11.8 Å². The molecule has 7 heteroatoms. The number of aryl methyl sites for hydroxylation is 1. The van der Waals surface area contributed by atoms with E-state index in [4.69, 9.17) is 4.74 Å². The largest absolute Gasteiger partial charge is 0.493 e. The molecule has 130 valence electrons. The fourth-order valence-corrected chi connectivity index (χ4v) is 3.25. The monoisotopic (exact) mass is 355 g/mol. The van der Waals surface area contributed by atoms with Gasteiger partial charge < -0.3 is 9.64 Å². The van der Waals surface area contributed by atoms with E-state index in [9.17, 15) is 5.26 Å². The standard InChI is InChI=1S/C18H21N5OS/c1-13-10-20-6-3-16(13)24-12-14-4-7-23(8-5-14)17-15(9-19)11-21-18(22-17)25-2/h3,6,10-11,14H,4-5,7-8,12H2,1-2H3. The average molecular weight is 355 g/mol. The van der Waals surface area contributed by atoms with Gasteiger partial charge in [-0.15, -0.1) is 0 Å². The van der Waals surface area contributed by atoms with Crippen molar-refractivity contribution in [2.45, 2.75) is 24.9 Å². The molecule has 0 radical (unpaired) electrons. The van der Waals surface area contributed by atoms with E-state index in [1.54, 1.807) is 12.4 Å². The molecule has 3 rings (SSSR count). The molecule has 6 nitrogen and oxygen atoms in total. The summed E-state index contributed by atoms with van der Waals surface area (Å²) in [7, 11) is 0. The van der Waals surface area contributed by atoms with E-state index in [1.807, 2.05) is 25.4 Å². The molecule has 0 spiro atoms. The normalized spacial score (nSPS) is 15.0. The topological polar surface area (TPSA) is 74.9 Å². The molecule has 1 saturated heterocycles. The second-order valence-electron chi connectivity index (χ2n) is 6.09. The first-order chi connectivity index (χ1) is 12.2. The number of thioether (sulfide) groups is 1. The van der Waals surface area contributed by atoms with Gasteiger partial charge in [-0.05, 0) is 38.0 Å². The van der Waals surface area contributed by atoms with Gasteiger partial charge in [0.2, 0.25) is 0 Å². The highest BCUT2D eigenvalue weighted by Gasteiger charge is 2.23. The third-order valence-corrected chi connectivity index (χ3v) is 4.97. The van der Waals surface area contributed by atoms with Gasteiger partial charge in [0.05, 0.1) is 12.8 Å². The van der Waals surface area contributed by atoms with Crippen LogP contribution in [0.1, 0.15) is 24.0 Å². The summed E-state index contributed by atoms with van der Waals surface area (Å²) in [5.74, 6) is 2.17. The van der Waals surface area contributed by atoms with Gasteiger partial charge in [0.25, 0.3) is 0 Å². The molecule has 0 aromatic carbocycles. The molecule has 0 N–H and O–H groups in total. The van der Waals surface area contributed by atoms with Crippen LogP contribution < -0.4 is 9.64 Å². The van der Waals surface area contributed by atoms with Crippen molar-refractivity contribution in [3.8, 4) is 11.8 Å². The molecule has 1 aliphatic rings. The van der Waals surface area contributed by atoms with E-state index in [2.05, 4.69) is 25.9 Å². The van der Waals surface area contributed by atoms with Crippen molar-refractivity contribution in [3.05, 3.63) is 35.8 Å². The van der Waals surface area contributed by atoms with Crippen LogP contribution in [0.15, 0.2) is 29.8 Å². The van der Waals surface area contributed by atoms with Crippen molar-refractivity contribution in [2.24, 2.45) is 5.92 Å². The minimum Gasteiger partial charge on any atom is -0.493 e. The number of nitrogens with zero attached hydrogens (tertiary/aromatic N) is 5. The molecular formula is C18H21N5OS. The van der Waals surface area contributed by atoms with E-state index in [1.165, 1.54) is 11.8 Å². The van der Waals surface area contributed by atoms with Crippen LogP contribution in [0.5, 0.6) is 5.75 Å². The van der Waals surface area contributed by atoms with Crippen LogP contribution in [0, 0.1) is 24.2 Å². The van der Waals surface area contributed by atoms with Crippen molar-refractivity contribution >= 4 is 17.6 Å². The minimum atomic E-state index is 0.510. The Kier molecular flexibility index (Phi) is 5.71. The zero-order chi connectivity index (χ0) is 17.6. The molecule has 0 saturated carbocycles. The molecule has 0 atom stereocenters. The lowest BCUT2D eigenvalue weighted by atomic mass is 9.97. The van der Waals surface area contributed by atoms with Crippen LogP contribution in [0.4, 0.5) is 5.82 Å². The average Bonchev–Trinajstić information content (AvgIpc) is 2.67. The molecule has 0 amide bonds. The van der Waals surface area contributed by atoms with Crippen LogP contribution in [-0.4, -0.2) is 40.9 Å². The van der Waals surface area contributed by atoms with Crippen molar-refractivity contribution in [2.75, 3.05) is 30.9 Å². The molecule has 1 aliphatic heterocycles. The zero-order valence-corrected chi connectivity index (χ0v) is 15.3. The Morgan fingerprint density at radius 1 is 1.36 bits per heavy atom. The summed E-state index contributed by atoms with van der Waals surface area (Å²) < 4.78 is 5.96. The number of aromatic nitrogens is 3. The highest BCUT2D eigenvalue weighted by atomic mass is 32.2. The van der Waals surface area contributed by atoms with Gasteiger partial charge in [-0.25, -0.2) is 9.97 Å². The maximum absolute atomic E-state index is 9.31. The molecule has 25 heavy (non-hydrogen) atoms. The number of pyridine rings is 1. The third kappa shape index (κ3) is 4.20. The number of rotatable bonds is 5. The minimum absolute atomic E-state index is 0.510. The summed E-state index contributed by atoms with van der Waals surface area (Å²) in [6.45, 7) is 4.47. The van der Waals surface area contributed by atoms with Crippen LogP contribution in [0.25, 0.3) is 0 Å². The van der Waals surface area contributed by atoms with Crippen molar-refractivity contribution in [3.63, 3.8) is 0 Å². The van der Waals surface area contributed by atoms with Crippen molar-refractivity contribution in [1.82, 2.24) is 15.0 Å². The maximum atomic E-state index is 9.31. The van der Waals surface area contributed by atoms with E-state index < -0.39 is 0 Å². The lowest BCUT2D eigenvalue weighted by molar-refractivity contribution is 0.221.